The number of rotatable bonds is 7. The van der Waals surface area contributed by atoms with Gasteiger partial charge in [0.05, 0.1) is 21.1 Å². The highest BCUT2D eigenvalue weighted by Gasteiger charge is 2.23. The first-order chi connectivity index (χ1) is 18.9. The van der Waals surface area contributed by atoms with Crippen LogP contribution in [0.2, 0.25) is 5.02 Å². The first-order valence-electron chi connectivity index (χ1n) is 12.3. The van der Waals surface area contributed by atoms with Crippen molar-refractivity contribution in [1.82, 2.24) is 10.3 Å². The Hall–Kier alpha value is -4.76. The van der Waals surface area contributed by atoms with Crippen LogP contribution in [0.5, 0.6) is 0 Å². The molecule has 10 heteroatoms. The van der Waals surface area contributed by atoms with Crippen molar-refractivity contribution < 1.29 is 14.5 Å². The van der Waals surface area contributed by atoms with Crippen LogP contribution in [0.1, 0.15) is 37.4 Å². The quantitative estimate of drug-likeness (QED) is 0.239. The molecule has 1 aliphatic rings. The summed E-state index contributed by atoms with van der Waals surface area (Å²) >= 11 is 6.14. The van der Waals surface area contributed by atoms with E-state index in [-0.39, 0.29) is 22.2 Å². The number of non-ortho nitro benzene ring substituents is 1. The molecule has 3 aromatic carbocycles. The van der Waals surface area contributed by atoms with Crippen molar-refractivity contribution in [3.8, 4) is 0 Å². The van der Waals surface area contributed by atoms with Gasteiger partial charge in [-0.2, -0.15) is 0 Å². The van der Waals surface area contributed by atoms with Crippen molar-refractivity contribution in [3.05, 3.63) is 128 Å². The summed E-state index contributed by atoms with van der Waals surface area (Å²) in [6.45, 7) is 1.69. The second-order valence-electron chi connectivity index (χ2n) is 9.09. The minimum absolute atomic E-state index is 0.0419. The Bertz CT molecular complexity index is 1560. The van der Waals surface area contributed by atoms with Crippen molar-refractivity contribution in [2.45, 2.75) is 19.5 Å². The molecule has 0 saturated heterocycles. The monoisotopic (exact) mass is 541 g/mol. The largest absolute Gasteiger partial charge is 0.366 e. The maximum Gasteiger partial charge on any atom is 0.270 e. The topological polar surface area (TPSA) is 117 Å². The second kappa shape index (κ2) is 11.3. The molecule has 0 spiro atoms. The summed E-state index contributed by atoms with van der Waals surface area (Å²) < 4.78 is 0. The highest BCUT2D eigenvalue weighted by molar-refractivity contribution is 6.34. The molecule has 2 heterocycles. The molecule has 39 heavy (non-hydrogen) atoms. The number of nitrogens with zero attached hydrogens (tertiary/aromatic N) is 3. The van der Waals surface area contributed by atoms with Crippen LogP contribution in [0.4, 0.5) is 17.1 Å². The fraction of sp³-hybridized carbons (Fsp3) is 0.138. The first kappa shape index (κ1) is 25.9. The van der Waals surface area contributed by atoms with E-state index in [9.17, 15) is 19.7 Å². The number of nitrogens with one attached hydrogen (secondary N) is 2. The molecular weight excluding hydrogens is 518 g/mol. The van der Waals surface area contributed by atoms with Gasteiger partial charge in [0.2, 0.25) is 0 Å². The number of hydrogen-bond donors (Lipinski definition) is 2. The number of pyridine rings is 1. The average Bonchev–Trinajstić information content (AvgIpc) is 2.96. The number of fused-ring (bicyclic) bond motifs is 1. The summed E-state index contributed by atoms with van der Waals surface area (Å²) in [6.07, 6.45) is 4.21. The summed E-state index contributed by atoms with van der Waals surface area (Å²) in [5, 5.41) is 16.7. The molecule has 0 saturated carbocycles. The Kier molecular flexibility index (Phi) is 7.51. The zero-order valence-electron chi connectivity index (χ0n) is 20.8. The molecule has 0 radical (unpaired) electrons. The smallest absolute Gasteiger partial charge is 0.270 e. The minimum Gasteiger partial charge on any atom is -0.366 e. The van der Waals surface area contributed by atoms with E-state index in [0.29, 0.717) is 24.3 Å². The maximum absolute atomic E-state index is 13.4. The molecule has 0 unspecified atom stereocenters. The molecule has 0 atom stereocenters. The summed E-state index contributed by atoms with van der Waals surface area (Å²) in [5.41, 5.74) is 4.78. The van der Waals surface area contributed by atoms with E-state index < -0.39 is 10.8 Å². The van der Waals surface area contributed by atoms with E-state index in [2.05, 4.69) is 32.7 Å². The molecule has 2 amide bonds. The molecule has 1 aromatic heterocycles. The second-order valence-corrected chi connectivity index (χ2v) is 9.50. The van der Waals surface area contributed by atoms with Crippen LogP contribution < -0.4 is 15.5 Å². The minimum atomic E-state index is -0.582. The van der Waals surface area contributed by atoms with Crippen molar-refractivity contribution >= 4 is 40.5 Å². The van der Waals surface area contributed by atoms with Gasteiger partial charge in [-0.05, 0) is 53.4 Å². The van der Waals surface area contributed by atoms with Crippen molar-refractivity contribution in [2.24, 2.45) is 0 Å². The van der Waals surface area contributed by atoms with Gasteiger partial charge in [0.25, 0.3) is 17.5 Å². The van der Waals surface area contributed by atoms with Crippen LogP contribution in [0.3, 0.4) is 0 Å². The number of carbonyl (C=O) groups excluding carboxylic acids is 2. The lowest BCUT2D eigenvalue weighted by Gasteiger charge is -2.32. The number of hydrogen-bond acceptors (Lipinski definition) is 6. The summed E-state index contributed by atoms with van der Waals surface area (Å²) in [6, 6.07) is 20.8. The number of benzene rings is 3. The summed E-state index contributed by atoms with van der Waals surface area (Å²) in [4.78, 5) is 43.0. The fourth-order valence-electron chi connectivity index (χ4n) is 4.55. The molecule has 0 aliphatic carbocycles. The zero-order valence-corrected chi connectivity index (χ0v) is 21.5. The number of halogens is 1. The van der Waals surface area contributed by atoms with Gasteiger partial charge in [-0.25, -0.2) is 0 Å². The highest BCUT2D eigenvalue weighted by atomic mass is 35.5. The molecule has 1 aliphatic heterocycles. The van der Waals surface area contributed by atoms with Crippen LogP contribution in [0.25, 0.3) is 0 Å². The molecule has 196 valence electrons. The Balaban J connectivity index is 1.42. The molecule has 9 nitrogen and oxygen atoms in total. The van der Waals surface area contributed by atoms with E-state index in [1.807, 2.05) is 24.3 Å². The number of nitro groups is 1. The number of anilines is 2. The van der Waals surface area contributed by atoms with Gasteiger partial charge in [0.1, 0.15) is 0 Å². The van der Waals surface area contributed by atoms with Crippen molar-refractivity contribution in [2.75, 3.05) is 16.8 Å². The van der Waals surface area contributed by atoms with Gasteiger partial charge in [-0.3, -0.25) is 24.7 Å². The number of amides is 2. The van der Waals surface area contributed by atoms with E-state index in [0.717, 1.165) is 30.3 Å². The molecule has 2 N–H and O–H groups in total. The number of nitro benzene ring substituents is 1. The SMILES string of the molecule is O=C(Nc1ccc(N2CCc3ccccc3C2)c(C(=O)NCc2cccnc2)c1)c1ccc([N+](=O)[O-])cc1Cl. The van der Waals surface area contributed by atoms with Crippen LogP contribution in [0, 0.1) is 10.1 Å². The third kappa shape index (κ3) is 5.89. The van der Waals surface area contributed by atoms with Gasteiger partial charge >= 0.3 is 0 Å². The van der Waals surface area contributed by atoms with Crippen LogP contribution in [0.15, 0.2) is 85.2 Å². The molecular formula is C29H24ClN5O4. The van der Waals surface area contributed by atoms with Crippen molar-refractivity contribution in [1.29, 1.82) is 0 Å². The average molecular weight is 542 g/mol. The van der Waals surface area contributed by atoms with Gasteiger partial charge in [-0.15, -0.1) is 0 Å². The number of carbonyl (C=O) groups is 2. The predicted molar refractivity (Wildman–Crippen MR) is 149 cm³/mol. The lowest BCUT2D eigenvalue weighted by atomic mass is 9.98. The lowest BCUT2D eigenvalue weighted by molar-refractivity contribution is -0.384. The van der Waals surface area contributed by atoms with Crippen LogP contribution in [-0.4, -0.2) is 28.3 Å². The van der Waals surface area contributed by atoms with Gasteiger partial charge in [0.15, 0.2) is 0 Å². The normalized spacial score (nSPS) is 12.4. The molecule has 0 fully saturated rings. The van der Waals surface area contributed by atoms with E-state index >= 15 is 0 Å². The summed E-state index contributed by atoms with van der Waals surface area (Å²) in [5.74, 6) is -0.839. The van der Waals surface area contributed by atoms with Gasteiger partial charge < -0.3 is 15.5 Å². The van der Waals surface area contributed by atoms with Crippen LogP contribution >= 0.6 is 11.6 Å². The Morgan fingerprint density at radius 3 is 2.54 bits per heavy atom. The Morgan fingerprint density at radius 1 is 0.974 bits per heavy atom. The highest BCUT2D eigenvalue weighted by Crippen LogP contribution is 2.30. The third-order valence-electron chi connectivity index (χ3n) is 6.55. The maximum atomic E-state index is 13.4. The Morgan fingerprint density at radius 2 is 1.79 bits per heavy atom. The fourth-order valence-corrected chi connectivity index (χ4v) is 4.81. The standard InChI is InChI=1S/C29H24ClN5O4/c30-26-15-23(35(38)39)8-9-24(26)29(37)33-22-7-10-27(34-13-11-20-5-1-2-6-21(20)18-34)25(14-22)28(36)32-17-19-4-3-12-31-16-19/h1-10,12,14-16H,11,13,17-18H2,(H,32,36)(H,33,37). The van der Waals surface area contributed by atoms with Gasteiger partial charge in [0, 0.05) is 55.5 Å². The van der Waals surface area contributed by atoms with Crippen LogP contribution in [-0.2, 0) is 19.5 Å². The Labute approximate surface area is 229 Å². The first-order valence-corrected chi connectivity index (χ1v) is 12.6. The van der Waals surface area contributed by atoms with Crippen molar-refractivity contribution in [3.63, 3.8) is 0 Å². The molecule has 4 aromatic rings. The number of aromatic nitrogens is 1. The summed E-state index contributed by atoms with van der Waals surface area (Å²) in [7, 11) is 0. The molecule has 0 bridgehead atoms. The van der Waals surface area contributed by atoms with Gasteiger partial charge in [-0.1, -0.05) is 41.9 Å². The zero-order chi connectivity index (χ0) is 27.4. The van der Waals surface area contributed by atoms with E-state index in [1.165, 1.54) is 23.3 Å². The molecule has 5 rings (SSSR count). The van der Waals surface area contributed by atoms with E-state index in [4.69, 9.17) is 11.6 Å². The predicted octanol–water partition coefficient (Wildman–Crippen LogP) is 5.39. The lowest BCUT2D eigenvalue weighted by Crippen LogP contribution is -2.33. The van der Waals surface area contributed by atoms with E-state index in [1.54, 1.807) is 30.6 Å². The third-order valence-corrected chi connectivity index (χ3v) is 6.87.